The predicted molar refractivity (Wildman–Crippen MR) is 222 cm³/mol. The van der Waals surface area contributed by atoms with Crippen LogP contribution in [0.1, 0.15) is 49.9 Å². The van der Waals surface area contributed by atoms with Crippen molar-refractivity contribution in [1.29, 1.82) is 0 Å². The molecular weight excluding hydrogens is 625 g/mol. The molecule has 0 spiro atoms. The number of benzene rings is 9. The summed E-state index contributed by atoms with van der Waals surface area (Å²) in [7, 11) is 0. The van der Waals surface area contributed by atoms with E-state index in [0.717, 1.165) is 0 Å². The third-order valence-electron chi connectivity index (χ3n) is 12.6. The van der Waals surface area contributed by atoms with Crippen LogP contribution in [-0.4, -0.2) is 0 Å². The fourth-order valence-electron chi connectivity index (χ4n) is 9.80. The molecule has 0 radical (unpaired) electrons. The Morgan fingerprint density at radius 3 is 1.23 bits per heavy atom. The Bertz CT molecular complexity index is 2920. The minimum absolute atomic E-state index is 0.0841. The smallest absolute Gasteiger partial charge is 0.0159 e. The molecule has 2 aliphatic rings. The molecule has 0 N–H and O–H groups in total. The fraction of sp³-hybridized carbons (Fsp3) is 0.115. The van der Waals surface area contributed by atoms with Gasteiger partial charge in [-0.05, 0) is 134 Å². The monoisotopic (exact) mass is 662 g/mol. The summed E-state index contributed by atoms with van der Waals surface area (Å²) in [6.07, 6.45) is 0. The highest BCUT2D eigenvalue weighted by Gasteiger charge is 2.38. The quantitative estimate of drug-likeness (QED) is 0.165. The maximum absolute atomic E-state index is 2.47. The number of hydrogen-bond donors (Lipinski definition) is 0. The normalized spacial score (nSPS) is 14.8. The molecule has 0 atom stereocenters. The van der Waals surface area contributed by atoms with Crippen LogP contribution >= 0.6 is 0 Å². The summed E-state index contributed by atoms with van der Waals surface area (Å²) < 4.78 is 0. The van der Waals surface area contributed by atoms with Gasteiger partial charge in [-0.1, -0.05) is 161 Å². The Balaban J connectivity index is 0.978. The van der Waals surface area contributed by atoms with Crippen molar-refractivity contribution in [3.05, 3.63) is 180 Å². The van der Waals surface area contributed by atoms with Crippen LogP contribution in [0.4, 0.5) is 0 Å². The first-order chi connectivity index (χ1) is 25.3. The average molecular weight is 663 g/mol. The van der Waals surface area contributed by atoms with Crippen LogP contribution in [0.5, 0.6) is 0 Å². The maximum Gasteiger partial charge on any atom is 0.0159 e. The van der Waals surface area contributed by atoms with Crippen LogP contribution in [0.25, 0.3) is 88.0 Å². The van der Waals surface area contributed by atoms with Gasteiger partial charge in [-0.15, -0.1) is 0 Å². The van der Waals surface area contributed by atoms with Gasteiger partial charge in [0.2, 0.25) is 0 Å². The average Bonchev–Trinajstić information content (AvgIpc) is 3.55. The zero-order valence-electron chi connectivity index (χ0n) is 30.0. The lowest BCUT2D eigenvalue weighted by Gasteiger charge is -2.24. The highest BCUT2D eigenvalue weighted by Crippen LogP contribution is 2.53. The molecular formula is C52H38. The van der Waals surface area contributed by atoms with E-state index in [1.165, 1.54) is 110 Å². The molecule has 9 aromatic rings. The van der Waals surface area contributed by atoms with Crippen LogP contribution in [0.3, 0.4) is 0 Å². The van der Waals surface area contributed by atoms with Gasteiger partial charge in [-0.3, -0.25) is 0 Å². The van der Waals surface area contributed by atoms with Gasteiger partial charge in [0.05, 0.1) is 0 Å². The van der Waals surface area contributed by atoms with Crippen molar-refractivity contribution in [1.82, 2.24) is 0 Å². The van der Waals surface area contributed by atoms with E-state index in [-0.39, 0.29) is 10.8 Å². The van der Waals surface area contributed by atoms with Gasteiger partial charge in [0.15, 0.2) is 0 Å². The van der Waals surface area contributed by atoms with Crippen molar-refractivity contribution in [2.45, 2.75) is 38.5 Å². The summed E-state index contributed by atoms with van der Waals surface area (Å²) in [6.45, 7) is 9.58. The minimum atomic E-state index is -0.124. The second kappa shape index (κ2) is 10.3. The Morgan fingerprint density at radius 2 is 0.692 bits per heavy atom. The lowest BCUT2D eigenvalue weighted by Crippen LogP contribution is -2.15. The predicted octanol–water partition coefficient (Wildman–Crippen LogP) is 14.2. The van der Waals surface area contributed by atoms with E-state index in [4.69, 9.17) is 0 Å². The first-order valence-electron chi connectivity index (χ1n) is 18.6. The zero-order valence-corrected chi connectivity index (χ0v) is 30.0. The van der Waals surface area contributed by atoms with E-state index in [0.29, 0.717) is 0 Å². The molecule has 2 aliphatic carbocycles. The summed E-state index contributed by atoms with van der Waals surface area (Å²) >= 11 is 0. The Hall–Kier alpha value is -5.98. The van der Waals surface area contributed by atoms with Crippen LogP contribution in [0.2, 0.25) is 0 Å². The summed E-state index contributed by atoms with van der Waals surface area (Å²) in [5.74, 6) is 0. The highest BCUT2D eigenvalue weighted by molar-refractivity contribution is 6.25. The van der Waals surface area contributed by atoms with Crippen molar-refractivity contribution in [3.8, 4) is 55.6 Å². The lowest BCUT2D eigenvalue weighted by atomic mass is 9.79. The number of fused-ring (bicyclic) bond motifs is 6. The van der Waals surface area contributed by atoms with Crippen LogP contribution in [-0.2, 0) is 10.8 Å². The molecule has 9 aromatic carbocycles. The third kappa shape index (κ3) is 3.98. The van der Waals surface area contributed by atoms with Gasteiger partial charge in [0.1, 0.15) is 0 Å². The zero-order chi connectivity index (χ0) is 34.9. The molecule has 246 valence electrons. The highest BCUT2D eigenvalue weighted by atomic mass is 14.4. The molecule has 0 aliphatic heterocycles. The Labute approximate surface area is 305 Å². The maximum atomic E-state index is 2.47. The molecule has 0 heteroatoms. The van der Waals surface area contributed by atoms with Gasteiger partial charge in [0, 0.05) is 10.8 Å². The molecule has 0 saturated heterocycles. The molecule has 0 bridgehead atoms. The second-order valence-electron chi connectivity index (χ2n) is 16.1. The molecule has 0 amide bonds. The van der Waals surface area contributed by atoms with Crippen molar-refractivity contribution in [2.24, 2.45) is 0 Å². The Kier molecular flexibility index (Phi) is 5.89. The summed E-state index contributed by atoms with van der Waals surface area (Å²) in [4.78, 5) is 0. The molecule has 11 rings (SSSR count). The SMILES string of the molecule is CC1(C)c2cc(-c3ccccc3)ccc2-c2ccc(-c3ccc4c(c3)C(C)(C)c3cc(-c5ccc6ccc7cccc8ccc5c6c78)ccc3-4)cc21. The van der Waals surface area contributed by atoms with E-state index < -0.39 is 0 Å². The Morgan fingerprint density at radius 1 is 0.288 bits per heavy atom. The fourth-order valence-corrected chi connectivity index (χ4v) is 9.80. The largest absolute Gasteiger partial charge is 0.0622 e. The minimum Gasteiger partial charge on any atom is -0.0622 e. The van der Waals surface area contributed by atoms with Crippen molar-refractivity contribution in [2.75, 3.05) is 0 Å². The lowest BCUT2D eigenvalue weighted by molar-refractivity contribution is 0.660. The number of rotatable bonds is 3. The number of hydrogen-bond acceptors (Lipinski definition) is 0. The standard InChI is InChI=1S/C52H38/c1-51(2)45-27-35(31-9-6-5-7-10-31)17-22-40(45)41-23-18-36(28-46(41)51)37-19-24-42-43-25-20-38(30-48(43)52(3,4)47(42)29-37)39-21-15-34-14-13-32-11-8-12-33-16-26-44(39)50(34)49(32)33/h5-30H,1-4H3. The van der Waals surface area contributed by atoms with E-state index in [1.54, 1.807) is 0 Å². The first kappa shape index (κ1) is 29.7. The molecule has 0 aromatic heterocycles. The molecule has 0 saturated carbocycles. The van der Waals surface area contributed by atoms with Gasteiger partial charge < -0.3 is 0 Å². The third-order valence-corrected chi connectivity index (χ3v) is 12.6. The van der Waals surface area contributed by atoms with E-state index in [1.807, 2.05) is 0 Å². The summed E-state index contributed by atoms with van der Waals surface area (Å²) in [5, 5.41) is 8.00. The summed E-state index contributed by atoms with van der Waals surface area (Å²) in [6, 6.07) is 59.7. The van der Waals surface area contributed by atoms with Crippen molar-refractivity contribution >= 4 is 32.3 Å². The van der Waals surface area contributed by atoms with Gasteiger partial charge in [-0.2, -0.15) is 0 Å². The molecule has 0 heterocycles. The van der Waals surface area contributed by atoms with Crippen molar-refractivity contribution < 1.29 is 0 Å². The van der Waals surface area contributed by atoms with Gasteiger partial charge in [-0.25, -0.2) is 0 Å². The van der Waals surface area contributed by atoms with Gasteiger partial charge >= 0.3 is 0 Å². The molecule has 0 nitrogen and oxygen atoms in total. The van der Waals surface area contributed by atoms with E-state index in [2.05, 4.69) is 185 Å². The molecule has 0 fully saturated rings. The van der Waals surface area contributed by atoms with E-state index in [9.17, 15) is 0 Å². The van der Waals surface area contributed by atoms with Crippen LogP contribution < -0.4 is 0 Å². The van der Waals surface area contributed by atoms with Crippen molar-refractivity contribution in [3.63, 3.8) is 0 Å². The second-order valence-corrected chi connectivity index (χ2v) is 16.1. The summed E-state index contributed by atoms with van der Waals surface area (Å²) in [5.41, 5.74) is 18.6. The van der Waals surface area contributed by atoms with Crippen LogP contribution in [0.15, 0.2) is 158 Å². The topological polar surface area (TPSA) is 0 Å². The first-order valence-corrected chi connectivity index (χ1v) is 18.6. The van der Waals surface area contributed by atoms with Gasteiger partial charge in [0.25, 0.3) is 0 Å². The van der Waals surface area contributed by atoms with Crippen LogP contribution in [0, 0.1) is 0 Å². The van der Waals surface area contributed by atoms with E-state index >= 15 is 0 Å². The molecule has 0 unspecified atom stereocenters. The molecule has 52 heavy (non-hydrogen) atoms.